The van der Waals surface area contributed by atoms with E-state index in [-0.39, 0.29) is 29.9 Å². The molecule has 0 bridgehead atoms. The molecular formula is C12H14O4. The van der Waals surface area contributed by atoms with E-state index in [0.29, 0.717) is 6.42 Å². The summed E-state index contributed by atoms with van der Waals surface area (Å²) in [6.45, 7) is 1.82. The lowest BCUT2D eigenvalue weighted by Gasteiger charge is -2.03. The Hall–Kier alpha value is -1.84. The van der Waals surface area contributed by atoms with Crippen molar-refractivity contribution in [3.63, 3.8) is 0 Å². The Labute approximate surface area is 93.5 Å². The van der Waals surface area contributed by atoms with Gasteiger partial charge in [-0.1, -0.05) is 6.07 Å². The highest BCUT2D eigenvalue weighted by atomic mass is 16.4. The summed E-state index contributed by atoms with van der Waals surface area (Å²) in [5, 5.41) is 18.0. The maximum atomic E-state index is 11.6. The second-order valence-electron chi connectivity index (χ2n) is 3.69. The highest BCUT2D eigenvalue weighted by Gasteiger charge is 2.11. The fourth-order valence-electron chi connectivity index (χ4n) is 1.41. The minimum atomic E-state index is -0.916. The van der Waals surface area contributed by atoms with Gasteiger partial charge in [-0.15, -0.1) is 0 Å². The fraction of sp³-hybridized carbons (Fsp3) is 0.333. The van der Waals surface area contributed by atoms with Crippen LogP contribution in [0.1, 0.15) is 35.2 Å². The zero-order valence-electron chi connectivity index (χ0n) is 9.06. The van der Waals surface area contributed by atoms with Gasteiger partial charge in [-0.3, -0.25) is 9.59 Å². The van der Waals surface area contributed by atoms with E-state index in [9.17, 15) is 14.7 Å². The molecule has 0 aliphatic carbocycles. The number of aliphatic carboxylic acids is 1. The third-order valence-electron chi connectivity index (χ3n) is 2.25. The molecule has 0 spiro atoms. The first kappa shape index (κ1) is 12.2. The van der Waals surface area contributed by atoms with Crippen molar-refractivity contribution in [1.29, 1.82) is 0 Å². The van der Waals surface area contributed by atoms with E-state index in [1.54, 1.807) is 12.1 Å². The van der Waals surface area contributed by atoms with Crippen LogP contribution in [0.5, 0.6) is 5.75 Å². The Balaban J connectivity index is 2.63. The third kappa shape index (κ3) is 3.38. The molecule has 2 N–H and O–H groups in total. The van der Waals surface area contributed by atoms with E-state index in [0.717, 1.165) is 5.56 Å². The fourth-order valence-corrected chi connectivity index (χ4v) is 1.41. The molecule has 0 saturated heterocycles. The average molecular weight is 222 g/mol. The van der Waals surface area contributed by atoms with Crippen LogP contribution in [-0.2, 0) is 4.79 Å². The number of carboxylic acids is 1. The van der Waals surface area contributed by atoms with Crippen LogP contribution < -0.4 is 0 Å². The SMILES string of the molecule is Cc1ccc(C(=O)CCCC(=O)O)c(O)c1. The van der Waals surface area contributed by atoms with Crippen molar-refractivity contribution in [3.05, 3.63) is 29.3 Å². The first-order valence-corrected chi connectivity index (χ1v) is 5.05. The van der Waals surface area contributed by atoms with Crippen molar-refractivity contribution in [3.8, 4) is 5.75 Å². The van der Waals surface area contributed by atoms with E-state index >= 15 is 0 Å². The van der Waals surface area contributed by atoms with Gasteiger partial charge in [0.05, 0.1) is 5.56 Å². The van der Waals surface area contributed by atoms with Crippen molar-refractivity contribution in [2.75, 3.05) is 0 Å². The van der Waals surface area contributed by atoms with E-state index in [1.165, 1.54) is 6.07 Å². The number of carbonyl (C=O) groups is 2. The molecule has 0 aliphatic heterocycles. The molecule has 1 aromatic rings. The van der Waals surface area contributed by atoms with E-state index in [4.69, 9.17) is 5.11 Å². The summed E-state index contributed by atoms with van der Waals surface area (Å²) in [6, 6.07) is 4.82. The van der Waals surface area contributed by atoms with Crippen molar-refractivity contribution in [1.82, 2.24) is 0 Å². The molecule has 0 radical (unpaired) electrons. The smallest absolute Gasteiger partial charge is 0.303 e. The number of phenols is 1. The Bertz CT molecular complexity index is 409. The highest BCUT2D eigenvalue weighted by molar-refractivity contribution is 5.98. The number of hydrogen-bond donors (Lipinski definition) is 2. The maximum absolute atomic E-state index is 11.6. The number of Topliss-reactive ketones (excluding diaryl/α,β-unsaturated/α-hetero) is 1. The topological polar surface area (TPSA) is 74.6 Å². The van der Waals surface area contributed by atoms with Gasteiger partial charge < -0.3 is 10.2 Å². The van der Waals surface area contributed by atoms with Gasteiger partial charge in [0.2, 0.25) is 0 Å². The van der Waals surface area contributed by atoms with Crippen molar-refractivity contribution < 1.29 is 19.8 Å². The van der Waals surface area contributed by atoms with Crippen molar-refractivity contribution in [2.24, 2.45) is 0 Å². The van der Waals surface area contributed by atoms with Gasteiger partial charge in [-0.2, -0.15) is 0 Å². The largest absolute Gasteiger partial charge is 0.507 e. The standard InChI is InChI=1S/C12H14O4/c1-8-5-6-9(11(14)7-8)10(13)3-2-4-12(15)16/h5-7,14H,2-4H2,1H3,(H,15,16). The molecule has 0 amide bonds. The number of benzene rings is 1. The van der Waals surface area contributed by atoms with Gasteiger partial charge in [0.25, 0.3) is 0 Å². The van der Waals surface area contributed by atoms with Gasteiger partial charge in [-0.05, 0) is 31.0 Å². The van der Waals surface area contributed by atoms with Gasteiger partial charge in [0, 0.05) is 12.8 Å². The van der Waals surface area contributed by atoms with Gasteiger partial charge in [-0.25, -0.2) is 0 Å². The van der Waals surface area contributed by atoms with Gasteiger partial charge >= 0.3 is 5.97 Å². The van der Waals surface area contributed by atoms with Crippen LogP contribution >= 0.6 is 0 Å². The molecule has 0 fully saturated rings. The lowest BCUT2D eigenvalue weighted by Crippen LogP contribution is -2.02. The number of aromatic hydroxyl groups is 1. The first-order valence-electron chi connectivity index (χ1n) is 5.05. The molecule has 0 atom stereocenters. The molecule has 1 aromatic carbocycles. The lowest BCUT2D eigenvalue weighted by atomic mass is 10.0. The number of hydrogen-bond acceptors (Lipinski definition) is 3. The van der Waals surface area contributed by atoms with Crippen molar-refractivity contribution >= 4 is 11.8 Å². The Morgan fingerprint density at radius 2 is 1.94 bits per heavy atom. The average Bonchev–Trinajstić information content (AvgIpc) is 2.16. The van der Waals surface area contributed by atoms with E-state index in [2.05, 4.69) is 0 Å². The molecule has 0 aliphatic rings. The highest BCUT2D eigenvalue weighted by Crippen LogP contribution is 2.20. The molecule has 0 aromatic heterocycles. The number of ketones is 1. The van der Waals surface area contributed by atoms with Crippen molar-refractivity contribution in [2.45, 2.75) is 26.2 Å². The number of carbonyl (C=O) groups excluding carboxylic acids is 1. The molecule has 86 valence electrons. The van der Waals surface area contributed by atoms with Crippen LogP contribution in [0.25, 0.3) is 0 Å². The lowest BCUT2D eigenvalue weighted by molar-refractivity contribution is -0.137. The minimum Gasteiger partial charge on any atom is -0.507 e. The van der Waals surface area contributed by atoms with Crippen LogP contribution in [0.2, 0.25) is 0 Å². The molecule has 0 heterocycles. The first-order chi connectivity index (χ1) is 7.50. The normalized spacial score (nSPS) is 10.1. The molecule has 4 nitrogen and oxygen atoms in total. The monoisotopic (exact) mass is 222 g/mol. The Kier molecular flexibility index (Phi) is 4.05. The molecule has 4 heteroatoms. The zero-order valence-corrected chi connectivity index (χ0v) is 9.06. The molecular weight excluding hydrogens is 208 g/mol. The number of aryl methyl sites for hydroxylation is 1. The predicted octanol–water partition coefficient (Wildman–Crippen LogP) is 2.14. The minimum absolute atomic E-state index is 0.0294. The molecule has 16 heavy (non-hydrogen) atoms. The summed E-state index contributed by atoms with van der Waals surface area (Å²) in [7, 11) is 0. The summed E-state index contributed by atoms with van der Waals surface area (Å²) in [6.07, 6.45) is 0.406. The Morgan fingerprint density at radius 1 is 1.25 bits per heavy atom. The van der Waals surface area contributed by atoms with Crippen LogP contribution in [0.4, 0.5) is 0 Å². The van der Waals surface area contributed by atoms with Crippen LogP contribution in [0.15, 0.2) is 18.2 Å². The molecule has 1 rings (SSSR count). The zero-order chi connectivity index (χ0) is 12.1. The quantitative estimate of drug-likeness (QED) is 0.748. The number of phenolic OH excluding ortho intramolecular Hbond substituents is 1. The summed E-state index contributed by atoms with van der Waals surface area (Å²) < 4.78 is 0. The van der Waals surface area contributed by atoms with Crippen LogP contribution in [0, 0.1) is 6.92 Å². The molecule has 0 saturated carbocycles. The van der Waals surface area contributed by atoms with Gasteiger partial charge in [0.1, 0.15) is 5.75 Å². The van der Waals surface area contributed by atoms with Crippen LogP contribution in [0.3, 0.4) is 0 Å². The van der Waals surface area contributed by atoms with Gasteiger partial charge in [0.15, 0.2) is 5.78 Å². The second-order valence-corrected chi connectivity index (χ2v) is 3.69. The molecule has 0 unspecified atom stereocenters. The maximum Gasteiger partial charge on any atom is 0.303 e. The summed E-state index contributed by atoms with van der Waals surface area (Å²) >= 11 is 0. The summed E-state index contributed by atoms with van der Waals surface area (Å²) in [5.74, 6) is -1.18. The Morgan fingerprint density at radius 3 is 2.50 bits per heavy atom. The number of carboxylic acid groups (broad SMARTS) is 1. The predicted molar refractivity (Wildman–Crippen MR) is 58.7 cm³/mol. The third-order valence-corrected chi connectivity index (χ3v) is 2.25. The summed E-state index contributed by atoms with van der Waals surface area (Å²) in [5.41, 5.74) is 1.13. The van der Waals surface area contributed by atoms with E-state index in [1.807, 2.05) is 6.92 Å². The number of rotatable bonds is 5. The van der Waals surface area contributed by atoms with E-state index < -0.39 is 5.97 Å². The second kappa shape index (κ2) is 5.30. The van der Waals surface area contributed by atoms with Crippen LogP contribution in [-0.4, -0.2) is 22.0 Å². The summed E-state index contributed by atoms with van der Waals surface area (Å²) in [4.78, 5) is 21.9.